The average Bonchev–Trinajstić information content (AvgIpc) is 2.87. The number of hydrogen-bond donors (Lipinski definition) is 2. The van der Waals surface area contributed by atoms with Gasteiger partial charge in [0.25, 0.3) is 0 Å². The smallest absolute Gasteiger partial charge is 0.324 e. The van der Waals surface area contributed by atoms with E-state index in [0.29, 0.717) is 16.4 Å². The van der Waals surface area contributed by atoms with Crippen molar-refractivity contribution in [3.05, 3.63) is 102 Å². The third-order valence-electron chi connectivity index (χ3n) is 5.56. The van der Waals surface area contributed by atoms with Crippen LogP contribution < -0.4 is 15.5 Å². The van der Waals surface area contributed by atoms with Crippen molar-refractivity contribution in [2.75, 3.05) is 21.3 Å². The van der Waals surface area contributed by atoms with Crippen LogP contribution in [0.25, 0.3) is 0 Å². The van der Waals surface area contributed by atoms with Crippen molar-refractivity contribution in [2.45, 2.75) is 21.1 Å². The molecule has 0 saturated heterocycles. The Hall–Kier alpha value is -3.13. The van der Waals surface area contributed by atoms with Gasteiger partial charge in [-0.15, -0.1) is 23.5 Å². The van der Waals surface area contributed by atoms with E-state index < -0.39 is 0 Å². The highest BCUT2D eigenvalue weighted by atomic mass is 35.5. The van der Waals surface area contributed by atoms with E-state index in [4.69, 9.17) is 11.6 Å². The van der Waals surface area contributed by atoms with Crippen LogP contribution in [0.5, 0.6) is 0 Å². The van der Waals surface area contributed by atoms with E-state index in [1.807, 2.05) is 77.7 Å². The van der Waals surface area contributed by atoms with Crippen molar-refractivity contribution in [1.82, 2.24) is 0 Å². The third kappa shape index (κ3) is 5.42. The number of rotatable bonds is 5. The summed E-state index contributed by atoms with van der Waals surface area (Å²) in [5.74, 6) is 0.0726. The summed E-state index contributed by atoms with van der Waals surface area (Å²) < 4.78 is 0. The Kier molecular flexibility index (Phi) is 7.18. The van der Waals surface area contributed by atoms with Gasteiger partial charge in [0.1, 0.15) is 0 Å². The number of benzene rings is 3. The minimum absolute atomic E-state index is 0.0639. The van der Waals surface area contributed by atoms with Crippen LogP contribution in [0.1, 0.15) is 0 Å². The molecule has 1 aliphatic carbocycles. The van der Waals surface area contributed by atoms with E-state index in [-0.39, 0.29) is 29.0 Å². The Morgan fingerprint density at radius 3 is 2.63 bits per heavy atom. The van der Waals surface area contributed by atoms with Gasteiger partial charge in [-0.05, 0) is 42.5 Å². The van der Waals surface area contributed by atoms with Gasteiger partial charge in [0, 0.05) is 15.5 Å². The molecule has 3 amide bonds. The van der Waals surface area contributed by atoms with Crippen molar-refractivity contribution >= 4 is 64.1 Å². The van der Waals surface area contributed by atoms with Gasteiger partial charge < -0.3 is 10.6 Å². The molecule has 0 fully saturated rings. The molecule has 0 aromatic heterocycles. The summed E-state index contributed by atoms with van der Waals surface area (Å²) in [4.78, 5) is 29.6. The lowest BCUT2D eigenvalue weighted by Crippen LogP contribution is -2.49. The summed E-state index contributed by atoms with van der Waals surface area (Å²) in [6, 6.07) is 22.4. The molecule has 2 N–H and O–H groups in total. The van der Waals surface area contributed by atoms with Gasteiger partial charge >= 0.3 is 6.03 Å². The van der Waals surface area contributed by atoms with Crippen LogP contribution in [-0.4, -0.2) is 29.0 Å². The maximum absolute atomic E-state index is 13.5. The number of anilines is 3. The van der Waals surface area contributed by atoms with E-state index >= 15 is 0 Å². The number of hydrogen-bond acceptors (Lipinski definition) is 4. The van der Waals surface area contributed by atoms with Crippen LogP contribution >= 0.6 is 35.1 Å². The van der Waals surface area contributed by atoms with Crippen molar-refractivity contribution in [3.8, 4) is 0 Å². The van der Waals surface area contributed by atoms with Crippen LogP contribution in [0.4, 0.5) is 21.9 Å². The van der Waals surface area contributed by atoms with E-state index in [9.17, 15) is 9.59 Å². The van der Waals surface area contributed by atoms with Crippen molar-refractivity contribution in [1.29, 1.82) is 0 Å². The van der Waals surface area contributed by atoms with E-state index in [1.165, 1.54) is 11.8 Å². The highest BCUT2D eigenvalue weighted by molar-refractivity contribution is 8.00. The lowest BCUT2D eigenvalue weighted by Gasteiger charge is -2.40. The Balaban J connectivity index is 1.26. The summed E-state index contributed by atoms with van der Waals surface area (Å²) in [7, 11) is 0. The van der Waals surface area contributed by atoms with Gasteiger partial charge in [-0.1, -0.05) is 66.2 Å². The van der Waals surface area contributed by atoms with Crippen molar-refractivity contribution in [2.24, 2.45) is 0 Å². The maximum Gasteiger partial charge on any atom is 0.326 e. The number of urea groups is 1. The molecule has 3 aromatic rings. The average molecular weight is 520 g/mol. The van der Waals surface area contributed by atoms with Crippen molar-refractivity contribution in [3.63, 3.8) is 0 Å². The summed E-state index contributed by atoms with van der Waals surface area (Å²) in [6.07, 6.45) is 8.22. The van der Waals surface area contributed by atoms with E-state index in [1.54, 1.807) is 23.9 Å². The van der Waals surface area contributed by atoms with Crippen LogP contribution in [-0.2, 0) is 4.79 Å². The monoisotopic (exact) mass is 519 g/mol. The van der Waals surface area contributed by atoms with Crippen LogP contribution in [0.3, 0.4) is 0 Å². The third-order valence-corrected chi connectivity index (χ3v) is 8.20. The summed E-state index contributed by atoms with van der Waals surface area (Å²) in [6.45, 7) is 0. The number of amides is 3. The SMILES string of the molecule is O=C(CSc1cccc(NC(=O)N2c3ccccc3SC3C=CC=CC32)c1)Nc1ccccc1Cl. The van der Waals surface area contributed by atoms with Crippen LogP contribution in [0, 0.1) is 0 Å². The van der Waals surface area contributed by atoms with Gasteiger partial charge in [-0.25, -0.2) is 4.79 Å². The standard InChI is InChI=1S/C27H22ClN3O2S2/c28-20-10-1-2-11-21(20)30-26(32)17-34-19-9-7-8-18(16-19)29-27(33)31-22-12-3-5-14-24(22)35-25-15-6-4-13-23(25)31/h1-16,22,24H,17H2,(H,29,33)(H,30,32). The second-order valence-electron chi connectivity index (χ2n) is 7.96. The first-order valence-corrected chi connectivity index (χ1v) is 13.3. The van der Waals surface area contributed by atoms with E-state index in [2.05, 4.69) is 22.8 Å². The zero-order valence-corrected chi connectivity index (χ0v) is 20.9. The molecule has 2 unspecified atom stereocenters. The molecule has 0 saturated carbocycles. The molecule has 176 valence electrons. The molecule has 3 aromatic carbocycles. The number of halogens is 1. The lowest BCUT2D eigenvalue weighted by atomic mass is 10.1. The minimum Gasteiger partial charge on any atom is -0.324 e. The highest BCUT2D eigenvalue weighted by Crippen LogP contribution is 2.43. The largest absolute Gasteiger partial charge is 0.326 e. The number of allylic oxidation sites excluding steroid dienone is 2. The number of para-hydroxylation sites is 2. The number of carbonyl (C=O) groups excluding carboxylic acids is 2. The quantitative estimate of drug-likeness (QED) is 0.354. The molecule has 35 heavy (non-hydrogen) atoms. The second-order valence-corrected chi connectivity index (χ2v) is 10.6. The molecule has 1 heterocycles. The number of nitrogens with one attached hydrogen (secondary N) is 2. The topological polar surface area (TPSA) is 61.4 Å². The van der Waals surface area contributed by atoms with E-state index in [0.717, 1.165) is 15.5 Å². The first-order chi connectivity index (χ1) is 17.1. The Bertz CT molecular complexity index is 1330. The second kappa shape index (κ2) is 10.6. The number of fused-ring (bicyclic) bond motifs is 2. The zero-order valence-electron chi connectivity index (χ0n) is 18.6. The molecule has 2 atom stereocenters. The van der Waals surface area contributed by atoms with Gasteiger partial charge in [0.2, 0.25) is 5.91 Å². The van der Waals surface area contributed by atoms with Crippen LogP contribution in [0.2, 0.25) is 5.02 Å². The lowest BCUT2D eigenvalue weighted by molar-refractivity contribution is -0.113. The number of carbonyl (C=O) groups is 2. The summed E-state index contributed by atoms with van der Waals surface area (Å²) in [5.41, 5.74) is 2.16. The fraction of sp³-hybridized carbons (Fsp3) is 0.111. The predicted octanol–water partition coefficient (Wildman–Crippen LogP) is 7.08. The predicted molar refractivity (Wildman–Crippen MR) is 147 cm³/mol. The summed E-state index contributed by atoms with van der Waals surface area (Å²) >= 11 is 9.28. The summed E-state index contributed by atoms with van der Waals surface area (Å²) in [5, 5.41) is 6.54. The molecule has 5 rings (SSSR count). The minimum atomic E-state index is -0.189. The van der Waals surface area contributed by atoms with Crippen LogP contribution in [0.15, 0.2) is 107 Å². The fourth-order valence-corrected chi connectivity index (χ4v) is 6.17. The number of thioether (sulfide) groups is 2. The highest BCUT2D eigenvalue weighted by Gasteiger charge is 2.36. The Morgan fingerprint density at radius 1 is 0.943 bits per heavy atom. The molecule has 0 bridgehead atoms. The molecule has 1 aliphatic heterocycles. The Morgan fingerprint density at radius 2 is 1.74 bits per heavy atom. The number of nitrogens with zero attached hydrogens (tertiary/aromatic N) is 1. The van der Waals surface area contributed by atoms with Gasteiger partial charge in [0.05, 0.1) is 33.4 Å². The Labute approximate surface area is 217 Å². The molecule has 2 aliphatic rings. The van der Waals surface area contributed by atoms with Crippen molar-refractivity contribution < 1.29 is 9.59 Å². The van der Waals surface area contributed by atoms with Gasteiger partial charge in [0.15, 0.2) is 0 Å². The molecular weight excluding hydrogens is 498 g/mol. The molecule has 0 spiro atoms. The van der Waals surface area contributed by atoms with Gasteiger partial charge in [-0.3, -0.25) is 9.69 Å². The fourth-order valence-electron chi connectivity index (χ4n) is 3.97. The normalized spacial score (nSPS) is 17.9. The molecule has 0 radical (unpaired) electrons. The molecule has 8 heteroatoms. The molecule has 5 nitrogen and oxygen atoms in total. The maximum atomic E-state index is 13.5. The first kappa shape index (κ1) is 23.6. The van der Waals surface area contributed by atoms with Gasteiger partial charge in [-0.2, -0.15) is 0 Å². The first-order valence-electron chi connectivity index (χ1n) is 11.1. The molecular formula is C27H22ClN3O2S2. The zero-order chi connectivity index (χ0) is 24.2.